The Morgan fingerprint density at radius 3 is 2.88 bits per heavy atom. The number of hydrogen-bond donors (Lipinski definition) is 1. The van der Waals surface area contributed by atoms with Gasteiger partial charge in [-0.1, -0.05) is 0 Å². The number of benzene rings is 1. The van der Waals surface area contributed by atoms with E-state index in [1.807, 2.05) is 0 Å². The van der Waals surface area contributed by atoms with Crippen LogP contribution in [0.5, 0.6) is 11.6 Å². The molecule has 0 saturated carbocycles. The van der Waals surface area contributed by atoms with Crippen molar-refractivity contribution in [2.45, 2.75) is 44.1 Å². The van der Waals surface area contributed by atoms with Crippen molar-refractivity contribution in [1.82, 2.24) is 15.1 Å². The molecule has 2 aliphatic heterocycles. The summed E-state index contributed by atoms with van der Waals surface area (Å²) in [5, 5.41) is 6.87. The van der Waals surface area contributed by atoms with E-state index >= 15 is 0 Å². The second-order valence-corrected chi connectivity index (χ2v) is 7.62. The number of halogens is 5. The van der Waals surface area contributed by atoms with Gasteiger partial charge in [-0.05, 0) is 25.0 Å². The maximum Gasteiger partial charge on any atom is 0.411 e. The molecule has 1 aromatic carbocycles. The number of carbonyl (C=O) groups is 1. The highest BCUT2D eigenvalue weighted by molar-refractivity contribution is 5.92. The summed E-state index contributed by atoms with van der Waals surface area (Å²) >= 11 is 0. The van der Waals surface area contributed by atoms with E-state index in [4.69, 9.17) is 9.47 Å². The highest BCUT2D eigenvalue weighted by atomic mass is 19.4. The van der Waals surface area contributed by atoms with E-state index < -0.39 is 36.4 Å². The van der Waals surface area contributed by atoms with E-state index in [2.05, 4.69) is 15.2 Å². The molecule has 0 bridgehead atoms. The summed E-state index contributed by atoms with van der Waals surface area (Å²) < 4.78 is 80.7. The lowest BCUT2D eigenvalue weighted by molar-refractivity contribution is -0.174. The summed E-state index contributed by atoms with van der Waals surface area (Å²) in [6.07, 6.45) is -3.68. The van der Waals surface area contributed by atoms with Crippen molar-refractivity contribution in [3.63, 3.8) is 0 Å². The zero-order chi connectivity index (χ0) is 22.9. The molecule has 32 heavy (non-hydrogen) atoms. The Hall–Kier alpha value is -2.89. The van der Waals surface area contributed by atoms with Gasteiger partial charge < -0.3 is 19.5 Å². The number of nitrogens with zero attached hydrogens (tertiary/aromatic N) is 2. The van der Waals surface area contributed by atoms with Crippen molar-refractivity contribution in [3.05, 3.63) is 41.1 Å². The maximum atomic E-state index is 14.0. The van der Waals surface area contributed by atoms with Crippen LogP contribution in [0.1, 0.15) is 28.9 Å². The fourth-order valence-corrected chi connectivity index (χ4v) is 3.64. The first-order valence-electron chi connectivity index (χ1n) is 9.99. The van der Waals surface area contributed by atoms with Crippen LogP contribution in [0.25, 0.3) is 0 Å². The van der Waals surface area contributed by atoms with Gasteiger partial charge in [-0.15, -0.1) is 0 Å². The van der Waals surface area contributed by atoms with Crippen LogP contribution in [0, 0.1) is 11.6 Å². The molecule has 174 valence electrons. The number of carbonyl (C=O) groups excluding carboxylic acids is 1. The van der Waals surface area contributed by atoms with Crippen LogP contribution < -0.4 is 14.8 Å². The van der Waals surface area contributed by atoms with Gasteiger partial charge in [-0.2, -0.15) is 18.3 Å². The SMILES string of the molecule is O=C(NC1COc2ccc(F)c(F)c2C1)c1cc2n(n1)CC(CCCOCC(F)(F)F)O2. The quantitative estimate of drug-likeness (QED) is 0.507. The fraction of sp³-hybridized carbons (Fsp3) is 0.500. The Morgan fingerprint density at radius 2 is 2.12 bits per heavy atom. The van der Waals surface area contributed by atoms with E-state index in [-0.39, 0.29) is 42.7 Å². The average molecular weight is 461 g/mol. The number of rotatable bonds is 7. The number of alkyl halides is 3. The van der Waals surface area contributed by atoms with Gasteiger partial charge in [0.25, 0.3) is 5.91 Å². The van der Waals surface area contributed by atoms with Crippen LogP contribution in [-0.4, -0.2) is 53.8 Å². The van der Waals surface area contributed by atoms with Crippen molar-refractivity contribution in [1.29, 1.82) is 0 Å². The number of aromatic nitrogens is 2. The molecule has 2 unspecified atom stereocenters. The van der Waals surface area contributed by atoms with Gasteiger partial charge in [-0.25, -0.2) is 13.5 Å². The second kappa shape index (κ2) is 8.93. The molecule has 0 radical (unpaired) electrons. The van der Waals surface area contributed by atoms with E-state index in [1.54, 1.807) is 0 Å². The molecule has 7 nitrogen and oxygen atoms in total. The molecule has 3 heterocycles. The molecule has 1 aromatic heterocycles. The molecule has 2 aliphatic rings. The number of hydrogen-bond acceptors (Lipinski definition) is 5. The van der Waals surface area contributed by atoms with Gasteiger partial charge in [0.1, 0.15) is 25.1 Å². The van der Waals surface area contributed by atoms with Crippen LogP contribution in [0.2, 0.25) is 0 Å². The molecule has 1 N–H and O–H groups in total. The Labute approximate surface area is 179 Å². The summed E-state index contributed by atoms with van der Waals surface area (Å²) in [5.41, 5.74) is 0.164. The first-order chi connectivity index (χ1) is 15.2. The lowest BCUT2D eigenvalue weighted by Gasteiger charge is -2.26. The predicted octanol–water partition coefficient (Wildman–Crippen LogP) is 3.01. The molecular weight excluding hydrogens is 441 g/mol. The number of amides is 1. The molecule has 2 atom stereocenters. The average Bonchev–Trinajstić information content (AvgIpc) is 3.29. The van der Waals surface area contributed by atoms with Crippen LogP contribution in [0.4, 0.5) is 22.0 Å². The van der Waals surface area contributed by atoms with E-state index in [0.29, 0.717) is 25.3 Å². The topological polar surface area (TPSA) is 74.6 Å². The Morgan fingerprint density at radius 1 is 1.31 bits per heavy atom. The Balaban J connectivity index is 1.25. The summed E-state index contributed by atoms with van der Waals surface area (Å²) in [6.45, 7) is -0.858. The van der Waals surface area contributed by atoms with Gasteiger partial charge >= 0.3 is 6.18 Å². The summed E-state index contributed by atoms with van der Waals surface area (Å²) in [6, 6.07) is 3.23. The first-order valence-corrected chi connectivity index (χ1v) is 9.99. The minimum atomic E-state index is -4.35. The molecule has 0 saturated heterocycles. The molecule has 2 aromatic rings. The normalized spacial score (nSPS) is 19.7. The molecule has 4 rings (SSSR count). The lowest BCUT2D eigenvalue weighted by atomic mass is 10.0. The zero-order valence-corrected chi connectivity index (χ0v) is 16.8. The maximum absolute atomic E-state index is 14.0. The summed E-state index contributed by atoms with van der Waals surface area (Å²) in [7, 11) is 0. The molecule has 12 heteroatoms. The van der Waals surface area contributed by atoms with Crippen LogP contribution in [0.15, 0.2) is 18.2 Å². The number of ether oxygens (including phenoxy) is 3. The highest BCUT2D eigenvalue weighted by Gasteiger charge is 2.30. The Kier molecular flexibility index (Phi) is 6.22. The highest BCUT2D eigenvalue weighted by Crippen LogP contribution is 2.29. The van der Waals surface area contributed by atoms with Crippen LogP contribution >= 0.6 is 0 Å². The van der Waals surface area contributed by atoms with Crippen molar-refractivity contribution < 1.29 is 41.0 Å². The van der Waals surface area contributed by atoms with E-state index in [1.165, 1.54) is 16.8 Å². The van der Waals surface area contributed by atoms with Gasteiger partial charge in [0.2, 0.25) is 5.88 Å². The lowest BCUT2D eigenvalue weighted by Crippen LogP contribution is -2.43. The number of nitrogens with one attached hydrogen (secondary N) is 1. The van der Waals surface area contributed by atoms with Crippen molar-refractivity contribution in [2.75, 3.05) is 19.8 Å². The zero-order valence-electron chi connectivity index (χ0n) is 16.8. The molecule has 0 fully saturated rings. The molecular formula is C20H20F5N3O4. The minimum Gasteiger partial charge on any atom is -0.491 e. The first kappa shape index (κ1) is 22.3. The Bertz CT molecular complexity index is 971. The van der Waals surface area contributed by atoms with Gasteiger partial charge in [0, 0.05) is 24.7 Å². The van der Waals surface area contributed by atoms with Crippen molar-refractivity contribution in [3.8, 4) is 11.6 Å². The van der Waals surface area contributed by atoms with Crippen LogP contribution in [0.3, 0.4) is 0 Å². The van der Waals surface area contributed by atoms with Gasteiger partial charge in [-0.3, -0.25) is 4.79 Å². The smallest absolute Gasteiger partial charge is 0.411 e. The fourth-order valence-electron chi connectivity index (χ4n) is 3.64. The molecule has 1 amide bonds. The largest absolute Gasteiger partial charge is 0.491 e. The second-order valence-electron chi connectivity index (χ2n) is 7.62. The van der Waals surface area contributed by atoms with E-state index in [0.717, 1.165) is 6.07 Å². The van der Waals surface area contributed by atoms with E-state index in [9.17, 15) is 26.7 Å². The third kappa shape index (κ3) is 5.12. The molecule has 0 spiro atoms. The van der Waals surface area contributed by atoms with Gasteiger partial charge in [0.05, 0.1) is 12.6 Å². The van der Waals surface area contributed by atoms with Gasteiger partial charge in [0.15, 0.2) is 17.3 Å². The summed E-state index contributed by atoms with van der Waals surface area (Å²) in [5.74, 6) is -1.87. The molecule has 0 aliphatic carbocycles. The van der Waals surface area contributed by atoms with Crippen molar-refractivity contribution >= 4 is 5.91 Å². The number of fused-ring (bicyclic) bond motifs is 2. The third-order valence-corrected chi connectivity index (χ3v) is 5.10. The third-order valence-electron chi connectivity index (χ3n) is 5.10. The predicted molar refractivity (Wildman–Crippen MR) is 99.6 cm³/mol. The minimum absolute atomic E-state index is 0.0353. The monoisotopic (exact) mass is 461 g/mol. The van der Waals surface area contributed by atoms with Crippen molar-refractivity contribution in [2.24, 2.45) is 0 Å². The van der Waals surface area contributed by atoms with Crippen LogP contribution in [-0.2, 0) is 17.7 Å². The standard InChI is InChI=1S/C20H20F5N3O4/c21-14-3-4-16-13(18(14)22)6-11(9-31-16)26-19(29)15-7-17-28(27-15)8-12(32-17)2-1-5-30-10-20(23,24)25/h3-4,7,11-12H,1-2,5-6,8-10H2,(H,26,29). The summed E-state index contributed by atoms with van der Waals surface area (Å²) in [4.78, 5) is 12.5.